The van der Waals surface area contributed by atoms with Crippen molar-refractivity contribution in [2.75, 3.05) is 39.3 Å². The van der Waals surface area contributed by atoms with E-state index >= 15 is 0 Å². The van der Waals surface area contributed by atoms with Crippen molar-refractivity contribution in [3.8, 4) is 0 Å². The Morgan fingerprint density at radius 1 is 0.967 bits per heavy atom. The number of carbonyl (C=O) groups is 1. The summed E-state index contributed by atoms with van der Waals surface area (Å²) in [5, 5.41) is 2.85. The highest BCUT2D eigenvalue weighted by Crippen LogP contribution is 2.29. The van der Waals surface area contributed by atoms with Gasteiger partial charge in [0.15, 0.2) is 0 Å². The Morgan fingerprint density at radius 2 is 1.47 bits per heavy atom. The topological polar surface area (TPSA) is 35.6 Å². The van der Waals surface area contributed by atoms with Crippen LogP contribution in [0.5, 0.6) is 0 Å². The minimum absolute atomic E-state index is 0. The van der Waals surface area contributed by atoms with Gasteiger partial charge in [0, 0.05) is 38.6 Å². The largest absolute Gasteiger partial charge is 1.00 e. The molecule has 0 saturated carbocycles. The van der Waals surface area contributed by atoms with Gasteiger partial charge in [0.25, 0.3) is 0 Å². The van der Waals surface area contributed by atoms with Crippen LogP contribution in [-0.4, -0.2) is 55.1 Å². The van der Waals surface area contributed by atoms with E-state index in [9.17, 15) is 13.6 Å². The maximum atomic E-state index is 13.3. The van der Waals surface area contributed by atoms with E-state index in [1.54, 1.807) is 0 Å². The van der Waals surface area contributed by atoms with Crippen LogP contribution in [0.2, 0.25) is 0 Å². The molecule has 7 heteroatoms. The van der Waals surface area contributed by atoms with Gasteiger partial charge in [0.2, 0.25) is 0 Å². The fourth-order valence-electron chi connectivity index (χ4n) is 3.87. The maximum absolute atomic E-state index is 13.3. The average Bonchev–Trinajstić information content (AvgIpc) is 2.74. The van der Waals surface area contributed by atoms with E-state index < -0.39 is 0 Å². The zero-order valence-corrected chi connectivity index (χ0v) is 18.0. The van der Waals surface area contributed by atoms with Crippen molar-refractivity contribution in [1.82, 2.24) is 15.1 Å². The summed E-state index contributed by atoms with van der Waals surface area (Å²) in [6.07, 6.45) is 1.87. The molecule has 2 aromatic carbocycles. The maximum Gasteiger partial charge on any atom is 1.00 e. The third kappa shape index (κ3) is 6.67. The first-order valence-corrected chi connectivity index (χ1v) is 10.3. The summed E-state index contributed by atoms with van der Waals surface area (Å²) in [4.78, 5) is 16.2. The normalized spacial score (nSPS) is 14.5. The monoisotopic (exact) mass is 437 g/mol. The molecular weight excluding hydrogens is 408 g/mol. The first-order valence-electron chi connectivity index (χ1n) is 10.3. The molecule has 30 heavy (non-hydrogen) atoms. The molecule has 2 aromatic rings. The summed E-state index contributed by atoms with van der Waals surface area (Å²) in [7, 11) is 0. The number of hydrogen-bond donors (Lipinski definition) is 1. The van der Waals surface area contributed by atoms with Gasteiger partial charge in [0.05, 0.1) is 0 Å². The quantitative estimate of drug-likeness (QED) is 0.709. The van der Waals surface area contributed by atoms with Gasteiger partial charge >= 0.3 is 7.46 Å². The molecular formula is C23H30ClF2N3O. The van der Waals surface area contributed by atoms with E-state index in [2.05, 4.69) is 10.2 Å². The zero-order valence-electron chi connectivity index (χ0n) is 18.3. The summed E-state index contributed by atoms with van der Waals surface area (Å²) in [5.41, 5.74) is 2.08. The summed E-state index contributed by atoms with van der Waals surface area (Å²) in [6.45, 7) is 6.74. The van der Waals surface area contributed by atoms with Gasteiger partial charge < -0.3 is 22.6 Å². The molecule has 1 aliphatic rings. The molecule has 0 radical (unpaired) electrons. The van der Waals surface area contributed by atoms with Gasteiger partial charge in [-0.25, -0.2) is 13.6 Å². The van der Waals surface area contributed by atoms with Crippen LogP contribution in [0.15, 0.2) is 48.5 Å². The molecule has 164 valence electrons. The van der Waals surface area contributed by atoms with E-state index in [-0.39, 0.29) is 37.4 Å². The zero-order chi connectivity index (χ0) is 20.6. The van der Waals surface area contributed by atoms with Gasteiger partial charge in [-0.1, -0.05) is 24.3 Å². The lowest BCUT2D eigenvalue weighted by atomic mass is 9.87. The van der Waals surface area contributed by atoms with E-state index in [1.807, 2.05) is 36.1 Å². The molecule has 0 atom stereocenters. The number of piperazine rings is 1. The van der Waals surface area contributed by atoms with Crippen molar-refractivity contribution >= 4 is 6.03 Å². The van der Waals surface area contributed by atoms with Crippen molar-refractivity contribution in [2.45, 2.75) is 25.7 Å². The van der Waals surface area contributed by atoms with Crippen LogP contribution in [0.25, 0.3) is 0 Å². The van der Waals surface area contributed by atoms with Crippen molar-refractivity contribution in [1.29, 1.82) is 0 Å². The predicted molar refractivity (Wildman–Crippen MR) is 112 cm³/mol. The Balaban J connectivity index is 0.00000240. The molecule has 1 fully saturated rings. The number of rotatable bonds is 7. The molecule has 0 aliphatic carbocycles. The molecule has 1 N–H and O–H groups in total. The van der Waals surface area contributed by atoms with E-state index in [4.69, 9.17) is 0 Å². The second-order valence-corrected chi connectivity index (χ2v) is 7.46. The van der Waals surface area contributed by atoms with Crippen LogP contribution in [0.3, 0.4) is 0 Å². The number of benzene rings is 2. The van der Waals surface area contributed by atoms with Crippen LogP contribution in [0, 0.1) is 11.6 Å². The molecule has 4 nitrogen and oxygen atoms in total. The Kier molecular flexibility index (Phi) is 9.53. The number of hydrogen-bond acceptors (Lipinski definition) is 2. The van der Waals surface area contributed by atoms with Gasteiger partial charge in [-0.2, -0.15) is 0 Å². The first kappa shape index (κ1) is 24.1. The van der Waals surface area contributed by atoms with Gasteiger partial charge in [-0.3, -0.25) is 4.90 Å². The van der Waals surface area contributed by atoms with Gasteiger partial charge in [0.1, 0.15) is 11.6 Å². The Bertz CT molecular complexity index is 739. The molecule has 0 bridgehead atoms. The molecule has 2 amide bonds. The Morgan fingerprint density at radius 3 is 1.93 bits per heavy atom. The van der Waals surface area contributed by atoms with Crippen LogP contribution in [0.4, 0.5) is 13.6 Å². The highest BCUT2D eigenvalue weighted by Gasteiger charge is 2.21. The molecule has 3 rings (SSSR count). The lowest BCUT2D eigenvalue weighted by molar-refractivity contribution is -0.0000110. The minimum atomic E-state index is -0.253. The van der Waals surface area contributed by atoms with Crippen molar-refractivity contribution in [2.24, 2.45) is 0 Å². The van der Waals surface area contributed by atoms with E-state index in [0.717, 1.165) is 56.7 Å². The fourth-order valence-corrected chi connectivity index (χ4v) is 3.87. The van der Waals surface area contributed by atoms with Crippen LogP contribution in [-0.2, 0) is 0 Å². The van der Waals surface area contributed by atoms with E-state index in [1.165, 1.54) is 24.3 Å². The number of amides is 2. The SMILES string of the molecule is CCNC(=O)N1CCN(CCCC(c2ccc(F)cc2)c2ccc(F)cc2)CC1.[Cl-].[H+]. The number of urea groups is 1. The standard InChI is InChI=1S/C23H29F2N3O.ClH/c1-2-26-23(29)28-16-14-27(15-17-28)13-3-4-22(18-5-9-20(24)10-6-18)19-7-11-21(25)12-8-19;/h5-12,22H,2-4,13-17H2,1H3,(H,26,29);1H. The fraction of sp³-hybridized carbons (Fsp3) is 0.435. The van der Waals surface area contributed by atoms with Crippen molar-refractivity contribution in [3.63, 3.8) is 0 Å². The van der Waals surface area contributed by atoms with Gasteiger partial charge in [-0.15, -0.1) is 0 Å². The average molecular weight is 438 g/mol. The van der Waals surface area contributed by atoms with Crippen LogP contribution >= 0.6 is 0 Å². The molecule has 0 unspecified atom stereocenters. The Labute approximate surface area is 185 Å². The minimum Gasteiger partial charge on any atom is -1.00 e. The number of carbonyl (C=O) groups excluding carboxylic acids is 1. The lowest BCUT2D eigenvalue weighted by Crippen LogP contribution is -3.00. The molecule has 1 aliphatic heterocycles. The summed E-state index contributed by atoms with van der Waals surface area (Å²) < 4.78 is 26.7. The molecule has 1 saturated heterocycles. The molecule has 0 aromatic heterocycles. The lowest BCUT2D eigenvalue weighted by Gasteiger charge is -2.34. The van der Waals surface area contributed by atoms with Crippen LogP contribution < -0.4 is 17.7 Å². The summed E-state index contributed by atoms with van der Waals surface area (Å²) in [6, 6.07) is 13.2. The number of nitrogens with one attached hydrogen (secondary N) is 1. The summed E-state index contributed by atoms with van der Waals surface area (Å²) >= 11 is 0. The van der Waals surface area contributed by atoms with Crippen molar-refractivity contribution < 1.29 is 27.4 Å². The van der Waals surface area contributed by atoms with Crippen molar-refractivity contribution in [3.05, 3.63) is 71.3 Å². The Hall–Kier alpha value is -2.18. The van der Waals surface area contributed by atoms with Crippen LogP contribution in [0.1, 0.15) is 38.2 Å². The predicted octanol–water partition coefficient (Wildman–Crippen LogP) is 1.34. The second-order valence-electron chi connectivity index (χ2n) is 7.46. The summed E-state index contributed by atoms with van der Waals surface area (Å²) in [5.74, 6) is -0.402. The van der Waals surface area contributed by atoms with E-state index in [0.29, 0.717) is 6.54 Å². The molecule has 0 spiro atoms. The highest BCUT2D eigenvalue weighted by atomic mass is 35.5. The second kappa shape index (κ2) is 11.9. The smallest absolute Gasteiger partial charge is 1.00 e. The third-order valence-corrected chi connectivity index (χ3v) is 5.50. The highest BCUT2D eigenvalue weighted by molar-refractivity contribution is 5.74. The first-order chi connectivity index (χ1) is 14.1. The number of nitrogens with zero attached hydrogens (tertiary/aromatic N) is 2. The third-order valence-electron chi connectivity index (χ3n) is 5.50. The number of halogens is 3. The van der Waals surface area contributed by atoms with Gasteiger partial charge in [-0.05, 0) is 61.7 Å². The molecule has 1 heterocycles.